The summed E-state index contributed by atoms with van der Waals surface area (Å²) in [4.78, 5) is 29.5. The lowest BCUT2D eigenvalue weighted by Gasteiger charge is -2.17. The number of thiazole rings is 1. The van der Waals surface area contributed by atoms with Crippen molar-refractivity contribution in [1.82, 2.24) is 9.38 Å². The zero-order valence-corrected chi connectivity index (χ0v) is 15.8. The molecule has 0 saturated heterocycles. The van der Waals surface area contributed by atoms with Crippen molar-refractivity contribution in [3.8, 4) is 0 Å². The van der Waals surface area contributed by atoms with Crippen LogP contribution in [0.15, 0.2) is 83.1 Å². The first kappa shape index (κ1) is 18.1. The topological polar surface area (TPSA) is 60.7 Å². The van der Waals surface area contributed by atoms with Gasteiger partial charge in [0, 0.05) is 23.6 Å². The number of carbonyl (C=O) groups excluding carboxylic acids is 1. The highest BCUT2D eigenvalue weighted by Gasteiger charge is 2.19. The molecule has 140 valence electrons. The molecule has 4 aromatic rings. The maximum atomic E-state index is 12.5. The zero-order chi connectivity index (χ0) is 19.3. The Hall–Kier alpha value is -3.25. The van der Waals surface area contributed by atoms with Crippen LogP contribution < -0.4 is 5.56 Å². The molecule has 2 heterocycles. The van der Waals surface area contributed by atoms with E-state index in [1.807, 2.05) is 60.7 Å². The van der Waals surface area contributed by atoms with E-state index < -0.39 is 0 Å². The molecule has 0 aliphatic rings. The summed E-state index contributed by atoms with van der Waals surface area (Å²) < 4.78 is 6.91. The molecule has 0 amide bonds. The fourth-order valence-electron chi connectivity index (χ4n) is 3.14. The minimum absolute atomic E-state index is 0.0151. The molecule has 2 aromatic heterocycles. The SMILES string of the molecule is O=C(CC(c1ccccc1)c1ccccc1)OCc1cc(=O)n2ccsc2n1. The van der Waals surface area contributed by atoms with Gasteiger partial charge in [-0.2, -0.15) is 0 Å². The van der Waals surface area contributed by atoms with Crippen molar-refractivity contribution in [2.75, 3.05) is 0 Å². The highest BCUT2D eigenvalue weighted by Crippen LogP contribution is 2.28. The highest BCUT2D eigenvalue weighted by atomic mass is 32.1. The average Bonchev–Trinajstić information content (AvgIpc) is 3.21. The third-order valence-electron chi connectivity index (χ3n) is 4.51. The van der Waals surface area contributed by atoms with Gasteiger partial charge < -0.3 is 4.74 Å². The van der Waals surface area contributed by atoms with Gasteiger partial charge in [0.05, 0.1) is 12.1 Å². The van der Waals surface area contributed by atoms with Crippen molar-refractivity contribution in [2.45, 2.75) is 18.9 Å². The van der Waals surface area contributed by atoms with Crippen LogP contribution in [0, 0.1) is 0 Å². The number of nitrogens with zero attached hydrogens (tertiary/aromatic N) is 2. The second-order valence-electron chi connectivity index (χ2n) is 6.38. The Morgan fingerprint density at radius 2 is 1.68 bits per heavy atom. The maximum Gasteiger partial charge on any atom is 0.307 e. The molecule has 0 radical (unpaired) electrons. The third kappa shape index (κ3) is 4.02. The molecule has 5 nitrogen and oxygen atoms in total. The summed E-state index contributed by atoms with van der Waals surface area (Å²) >= 11 is 1.37. The Balaban J connectivity index is 1.49. The van der Waals surface area contributed by atoms with Crippen LogP contribution in [0.1, 0.15) is 29.2 Å². The van der Waals surface area contributed by atoms with Crippen LogP contribution >= 0.6 is 11.3 Å². The number of aromatic nitrogens is 2. The fourth-order valence-corrected chi connectivity index (χ4v) is 3.88. The number of hydrogen-bond acceptors (Lipinski definition) is 5. The summed E-state index contributed by atoms with van der Waals surface area (Å²) in [5.74, 6) is -0.417. The molecule has 28 heavy (non-hydrogen) atoms. The van der Waals surface area contributed by atoms with Crippen LogP contribution in [0.2, 0.25) is 0 Å². The van der Waals surface area contributed by atoms with Crippen LogP contribution in [0.25, 0.3) is 4.96 Å². The van der Waals surface area contributed by atoms with Gasteiger partial charge in [-0.05, 0) is 11.1 Å². The predicted octanol–water partition coefficient (Wildman–Crippen LogP) is 4.02. The molecular weight excluding hydrogens is 372 g/mol. The van der Waals surface area contributed by atoms with Crippen LogP contribution in [-0.4, -0.2) is 15.4 Å². The van der Waals surface area contributed by atoms with Crippen molar-refractivity contribution in [1.29, 1.82) is 0 Å². The summed E-state index contributed by atoms with van der Waals surface area (Å²) in [6.07, 6.45) is 1.89. The molecule has 0 N–H and O–H groups in total. The first-order chi connectivity index (χ1) is 13.7. The first-order valence-electron chi connectivity index (χ1n) is 8.92. The minimum atomic E-state index is -0.328. The van der Waals surface area contributed by atoms with Crippen molar-refractivity contribution >= 4 is 22.3 Å². The molecule has 6 heteroatoms. The van der Waals surface area contributed by atoms with E-state index >= 15 is 0 Å². The number of fused-ring (bicyclic) bond motifs is 1. The van der Waals surface area contributed by atoms with E-state index in [1.165, 1.54) is 21.8 Å². The number of hydrogen-bond donors (Lipinski definition) is 0. The Morgan fingerprint density at radius 3 is 2.32 bits per heavy atom. The van der Waals surface area contributed by atoms with Gasteiger partial charge in [-0.3, -0.25) is 14.0 Å². The second-order valence-corrected chi connectivity index (χ2v) is 7.25. The average molecular weight is 390 g/mol. The van der Waals surface area contributed by atoms with Gasteiger partial charge in [0.15, 0.2) is 4.96 Å². The summed E-state index contributed by atoms with van der Waals surface area (Å²) in [7, 11) is 0. The number of esters is 1. The monoisotopic (exact) mass is 390 g/mol. The molecular formula is C22H18N2O3S. The smallest absolute Gasteiger partial charge is 0.307 e. The van der Waals surface area contributed by atoms with E-state index in [0.717, 1.165) is 11.1 Å². The summed E-state index contributed by atoms with van der Waals surface area (Å²) in [5, 5.41) is 1.80. The number of rotatable bonds is 6. The second kappa shape index (κ2) is 8.19. The molecule has 0 atom stereocenters. The predicted molar refractivity (Wildman–Crippen MR) is 108 cm³/mol. The van der Waals surface area contributed by atoms with E-state index in [9.17, 15) is 9.59 Å². The molecule has 0 unspecified atom stereocenters. The fraction of sp³-hybridized carbons (Fsp3) is 0.136. The van der Waals surface area contributed by atoms with Gasteiger partial charge in [0.1, 0.15) is 6.61 Å². The Labute approximate surface area is 165 Å². The summed E-state index contributed by atoms with van der Waals surface area (Å²) in [6, 6.07) is 21.2. The lowest BCUT2D eigenvalue weighted by atomic mass is 9.89. The van der Waals surface area contributed by atoms with E-state index in [4.69, 9.17) is 4.74 Å². The molecule has 0 aliphatic heterocycles. The standard InChI is InChI=1S/C22H18N2O3S/c25-20-13-18(23-22-24(20)11-12-28-22)15-27-21(26)14-19(16-7-3-1-4-8-16)17-9-5-2-6-10-17/h1-13,19H,14-15H2. The Morgan fingerprint density at radius 1 is 1.04 bits per heavy atom. The lowest BCUT2D eigenvalue weighted by Crippen LogP contribution is -2.16. The summed E-state index contributed by atoms with van der Waals surface area (Å²) in [5.41, 5.74) is 2.39. The first-order valence-corrected chi connectivity index (χ1v) is 9.80. The maximum absolute atomic E-state index is 12.5. The Kier molecular flexibility index (Phi) is 5.30. The van der Waals surface area contributed by atoms with Gasteiger partial charge in [-0.25, -0.2) is 4.98 Å². The highest BCUT2D eigenvalue weighted by molar-refractivity contribution is 7.15. The van der Waals surface area contributed by atoms with Crippen LogP contribution in [0.5, 0.6) is 0 Å². The Bertz CT molecular complexity index is 1100. The van der Waals surface area contributed by atoms with E-state index in [-0.39, 0.29) is 30.5 Å². The summed E-state index contributed by atoms with van der Waals surface area (Å²) in [6.45, 7) is -0.0151. The van der Waals surface area contributed by atoms with Crippen molar-refractivity contribution < 1.29 is 9.53 Å². The molecule has 4 rings (SSSR count). The van der Waals surface area contributed by atoms with E-state index in [0.29, 0.717) is 10.7 Å². The van der Waals surface area contributed by atoms with Crippen molar-refractivity contribution in [3.05, 3.63) is 105 Å². The van der Waals surface area contributed by atoms with Gasteiger partial charge >= 0.3 is 5.97 Å². The van der Waals surface area contributed by atoms with Gasteiger partial charge in [0.2, 0.25) is 0 Å². The molecule has 0 bridgehead atoms. The molecule has 0 spiro atoms. The zero-order valence-electron chi connectivity index (χ0n) is 15.0. The van der Waals surface area contributed by atoms with Crippen molar-refractivity contribution in [3.63, 3.8) is 0 Å². The van der Waals surface area contributed by atoms with Crippen LogP contribution in [-0.2, 0) is 16.1 Å². The van der Waals surface area contributed by atoms with E-state index in [2.05, 4.69) is 4.98 Å². The molecule has 0 fully saturated rings. The van der Waals surface area contributed by atoms with Gasteiger partial charge in [0.25, 0.3) is 5.56 Å². The van der Waals surface area contributed by atoms with E-state index in [1.54, 1.807) is 11.6 Å². The quantitative estimate of drug-likeness (QED) is 0.467. The number of benzene rings is 2. The van der Waals surface area contributed by atoms with Gasteiger partial charge in [-0.1, -0.05) is 60.7 Å². The normalized spacial score (nSPS) is 11.0. The molecule has 2 aromatic carbocycles. The molecule has 0 saturated carbocycles. The number of carbonyl (C=O) groups is 1. The lowest BCUT2D eigenvalue weighted by molar-refractivity contribution is -0.145. The van der Waals surface area contributed by atoms with Crippen molar-refractivity contribution in [2.24, 2.45) is 0 Å². The minimum Gasteiger partial charge on any atom is -0.459 e. The van der Waals surface area contributed by atoms with Gasteiger partial charge in [-0.15, -0.1) is 11.3 Å². The number of ether oxygens (including phenoxy) is 1. The largest absolute Gasteiger partial charge is 0.459 e. The van der Waals surface area contributed by atoms with Crippen LogP contribution in [0.3, 0.4) is 0 Å². The molecule has 0 aliphatic carbocycles. The van der Waals surface area contributed by atoms with Crippen LogP contribution in [0.4, 0.5) is 0 Å². The third-order valence-corrected chi connectivity index (χ3v) is 5.27.